The molecule has 0 bridgehead atoms. The second-order valence-electron chi connectivity index (χ2n) is 10.1. The van der Waals surface area contributed by atoms with Crippen molar-refractivity contribution in [3.05, 3.63) is 101 Å². The van der Waals surface area contributed by atoms with Gasteiger partial charge >= 0.3 is 0 Å². The van der Waals surface area contributed by atoms with Gasteiger partial charge in [0.2, 0.25) is 0 Å². The third-order valence-corrected chi connectivity index (χ3v) is 6.38. The number of rotatable bonds is 9. The van der Waals surface area contributed by atoms with E-state index in [2.05, 4.69) is 73.1 Å². The summed E-state index contributed by atoms with van der Waals surface area (Å²) in [6, 6.07) is 23.2. The summed E-state index contributed by atoms with van der Waals surface area (Å²) in [6.45, 7) is 8.02. The van der Waals surface area contributed by atoms with Crippen molar-refractivity contribution in [2.45, 2.75) is 58.4 Å². The van der Waals surface area contributed by atoms with Crippen molar-refractivity contribution in [1.29, 1.82) is 0 Å². The molecular weight excluding hydrogens is 437 g/mol. The molecule has 3 aromatic carbocycles. The van der Waals surface area contributed by atoms with Gasteiger partial charge in [-0.3, -0.25) is 4.79 Å². The number of hydrogen-bond acceptors (Lipinski definition) is 2. The lowest BCUT2D eigenvalue weighted by Crippen LogP contribution is -2.25. The standard InChI is InChI=1S/C30H34FN3O/c1-30(2,3)23-18-16-22(17-19-23)21-34-27-14-9-8-13-26(27)33-28(34)15-5-4-10-20-32-29(35)24-11-6-7-12-25(24)31/h6-9,11-14,16-19H,4-5,10,15,20-21H2,1-3H3,(H,32,35). The van der Waals surface area contributed by atoms with E-state index in [-0.39, 0.29) is 16.9 Å². The Labute approximate surface area is 207 Å². The van der Waals surface area contributed by atoms with E-state index in [0.29, 0.717) is 6.54 Å². The van der Waals surface area contributed by atoms with E-state index in [9.17, 15) is 9.18 Å². The Morgan fingerprint density at radius 2 is 1.63 bits per heavy atom. The van der Waals surface area contributed by atoms with Crippen molar-refractivity contribution in [2.24, 2.45) is 0 Å². The van der Waals surface area contributed by atoms with Crippen molar-refractivity contribution >= 4 is 16.9 Å². The Hall–Kier alpha value is -3.47. The molecule has 5 heteroatoms. The summed E-state index contributed by atoms with van der Waals surface area (Å²) < 4.78 is 16.1. The van der Waals surface area contributed by atoms with Crippen LogP contribution in [0, 0.1) is 5.82 Å². The van der Waals surface area contributed by atoms with Crippen LogP contribution in [-0.2, 0) is 18.4 Å². The molecule has 1 aromatic heterocycles. The van der Waals surface area contributed by atoms with Crippen LogP contribution in [-0.4, -0.2) is 22.0 Å². The maximum atomic E-state index is 13.7. The second-order valence-corrected chi connectivity index (χ2v) is 10.1. The zero-order valence-electron chi connectivity index (χ0n) is 20.9. The minimum Gasteiger partial charge on any atom is -0.352 e. The molecule has 4 rings (SSSR count). The lowest BCUT2D eigenvalue weighted by Gasteiger charge is -2.19. The Morgan fingerprint density at radius 3 is 2.37 bits per heavy atom. The molecule has 0 aliphatic carbocycles. The van der Waals surface area contributed by atoms with E-state index in [0.717, 1.165) is 49.1 Å². The second kappa shape index (κ2) is 10.9. The highest BCUT2D eigenvalue weighted by Gasteiger charge is 2.15. The van der Waals surface area contributed by atoms with Crippen LogP contribution in [0.15, 0.2) is 72.8 Å². The molecule has 182 valence electrons. The Bertz CT molecular complexity index is 1290. The molecule has 0 radical (unpaired) electrons. The molecule has 1 amide bonds. The first-order valence-corrected chi connectivity index (χ1v) is 12.4. The summed E-state index contributed by atoms with van der Waals surface area (Å²) in [6.07, 6.45) is 3.65. The molecule has 4 nitrogen and oxygen atoms in total. The summed E-state index contributed by atoms with van der Waals surface area (Å²) in [5, 5.41) is 2.82. The normalized spacial score (nSPS) is 11.7. The number of carbonyl (C=O) groups is 1. The Balaban J connectivity index is 1.35. The van der Waals surface area contributed by atoms with Gasteiger partial charge in [-0.1, -0.05) is 75.7 Å². The molecule has 1 heterocycles. The fraction of sp³-hybridized carbons (Fsp3) is 0.333. The topological polar surface area (TPSA) is 46.9 Å². The summed E-state index contributed by atoms with van der Waals surface area (Å²) in [5.41, 5.74) is 5.00. The molecule has 0 fully saturated rings. The van der Waals surface area contributed by atoms with Crippen LogP contribution < -0.4 is 5.32 Å². The van der Waals surface area contributed by atoms with E-state index >= 15 is 0 Å². The highest BCUT2D eigenvalue weighted by atomic mass is 19.1. The van der Waals surface area contributed by atoms with Gasteiger partial charge in [0.1, 0.15) is 11.6 Å². The number of amides is 1. The Morgan fingerprint density at radius 1 is 0.914 bits per heavy atom. The van der Waals surface area contributed by atoms with Crippen LogP contribution >= 0.6 is 0 Å². The van der Waals surface area contributed by atoms with Gasteiger partial charge < -0.3 is 9.88 Å². The third-order valence-electron chi connectivity index (χ3n) is 6.38. The largest absolute Gasteiger partial charge is 0.352 e. The molecule has 0 spiro atoms. The van der Waals surface area contributed by atoms with Crippen LogP contribution in [0.2, 0.25) is 0 Å². The first-order chi connectivity index (χ1) is 16.8. The van der Waals surface area contributed by atoms with Gasteiger partial charge in [-0.2, -0.15) is 0 Å². The molecule has 1 N–H and O–H groups in total. The van der Waals surface area contributed by atoms with Gasteiger partial charge in [0, 0.05) is 19.5 Å². The van der Waals surface area contributed by atoms with Crippen molar-refractivity contribution in [2.75, 3.05) is 6.54 Å². The van der Waals surface area contributed by atoms with Gasteiger partial charge in [0.05, 0.1) is 16.6 Å². The van der Waals surface area contributed by atoms with E-state index in [1.165, 1.54) is 23.3 Å². The highest BCUT2D eigenvalue weighted by Crippen LogP contribution is 2.24. The molecule has 35 heavy (non-hydrogen) atoms. The van der Waals surface area contributed by atoms with E-state index in [1.807, 2.05) is 6.07 Å². The summed E-state index contributed by atoms with van der Waals surface area (Å²) >= 11 is 0. The number of nitrogens with zero attached hydrogens (tertiary/aromatic N) is 2. The fourth-order valence-corrected chi connectivity index (χ4v) is 4.31. The minimum absolute atomic E-state index is 0.0942. The number of aryl methyl sites for hydroxylation is 1. The highest BCUT2D eigenvalue weighted by molar-refractivity contribution is 5.94. The lowest BCUT2D eigenvalue weighted by molar-refractivity contribution is 0.0949. The van der Waals surface area contributed by atoms with Crippen LogP contribution in [0.25, 0.3) is 11.0 Å². The SMILES string of the molecule is CC(C)(C)c1ccc(Cn2c(CCCCCNC(=O)c3ccccc3F)nc3ccccc32)cc1. The average Bonchev–Trinajstić information content (AvgIpc) is 3.18. The quantitative estimate of drug-likeness (QED) is 0.277. The van der Waals surface area contributed by atoms with Gasteiger partial charge in [0.15, 0.2) is 0 Å². The summed E-state index contributed by atoms with van der Waals surface area (Å²) in [4.78, 5) is 17.1. The van der Waals surface area contributed by atoms with Crippen LogP contribution in [0.4, 0.5) is 4.39 Å². The van der Waals surface area contributed by atoms with Crippen molar-refractivity contribution in [3.63, 3.8) is 0 Å². The molecule has 4 aromatic rings. The number of nitrogens with one attached hydrogen (secondary N) is 1. The molecular formula is C30H34FN3O. The average molecular weight is 472 g/mol. The fourth-order valence-electron chi connectivity index (χ4n) is 4.31. The van der Waals surface area contributed by atoms with Gasteiger partial charge in [0.25, 0.3) is 5.91 Å². The number of imidazole rings is 1. The monoisotopic (exact) mass is 471 g/mol. The lowest BCUT2D eigenvalue weighted by atomic mass is 9.87. The van der Waals surface area contributed by atoms with Crippen molar-refractivity contribution < 1.29 is 9.18 Å². The summed E-state index contributed by atoms with van der Waals surface area (Å²) in [5.74, 6) is 0.237. The third kappa shape index (κ3) is 6.16. The number of fused-ring (bicyclic) bond motifs is 1. The predicted molar refractivity (Wildman–Crippen MR) is 140 cm³/mol. The van der Waals surface area contributed by atoms with Crippen LogP contribution in [0.5, 0.6) is 0 Å². The number of halogens is 1. The number of unbranched alkanes of at least 4 members (excludes halogenated alkanes) is 2. The Kier molecular flexibility index (Phi) is 7.64. The van der Waals surface area contributed by atoms with Gasteiger partial charge in [-0.25, -0.2) is 9.37 Å². The zero-order valence-corrected chi connectivity index (χ0v) is 20.9. The molecule has 0 atom stereocenters. The van der Waals surface area contributed by atoms with Crippen molar-refractivity contribution in [3.8, 4) is 0 Å². The minimum atomic E-state index is -0.489. The first kappa shape index (κ1) is 24.6. The number of para-hydroxylation sites is 2. The maximum absolute atomic E-state index is 13.7. The van der Waals surface area contributed by atoms with Crippen LogP contribution in [0.1, 0.15) is 67.3 Å². The van der Waals surface area contributed by atoms with Gasteiger partial charge in [-0.05, 0) is 53.6 Å². The number of hydrogen-bond donors (Lipinski definition) is 1. The van der Waals surface area contributed by atoms with Gasteiger partial charge in [-0.15, -0.1) is 0 Å². The van der Waals surface area contributed by atoms with Crippen LogP contribution in [0.3, 0.4) is 0 Å². The summed E-state index contributed by atoms with van der Waals surface area (Å²) in [7, 11) is 0. The molecule has 0 saturated heterocycles. The first-order valence-electron chi connectivity index (χ1n) is 12.4. The molecule has 0 unspecified atom stereocenters. The molecule has 0 aliphatic heterocycles. The van der Waals surface area contributed by atoms with E-state index in [4.69, 9.17) is 4.98 Å². The number of aromatic nitrogens is 2. The molecule has 0 aliphatic rings. The van der Waals surface area contributed by atoms with E-state index < -0.39 is 5.82 Å². The zero-order chi connectivity index (χ0) is 24.8. The van der Waals surface area contributed by atoms with E-state index in [1.54, 1.807) is 12.1 Å². The number of carbonyl (C=O) groups excluding carboxylic acids is 1. The van der Waals surface area contributed by atoms with Crippen molar-refractivity contribution in [1.82, 2.24) is 14.9 Å². The predicted octanol–water partition coefficient (Wildman–Crippen LogP) is 6.66. The molecule has 0 saturated carbocycles. The number of benzene rings is 3. The smallest absolute Gasteiger partial charge is 0.254 e. The maximum Gasteiger partial charge on any atom is 0.254 e.